The van der Waals surface area contributed by atoms with Crippen molar-refractivity contribution in [2.45, 2.75) is 432 Å². The van der Waals surface area contributed by atoms with Gasteiger partial charge in [0.05, 0.1) is 26.4 Å². The van der Waals surface area contributed by atoms with Crippen molar-refractivity contribution < 1.29 is 80.2 Å². The summed E-state index contributed by atoms with van der Waals surface area (Å²) in [5.41, 5.74) is 0. The molecular weight excluding hydrogens is 1270 g/mol. The quantitative estimate of drug-likeness (QED) is 0.0222. The summed E-state index contributed by atoms with van der Waals surface area (Å²) in [7, 11) is -9.91. The summed E-state index contributed by atoms with van der Waals surface area (Å²) in [5.74, 6) is -1.31. The van der Waals surface area contributed by atoms with E-state index < -0.39 is 97.5 Å². The van der Waals surface area contributed by atoms with Crippen LogP contribution in [0, 0.1) is 5.92 Å². The molecule has 0 aromatic carbocycles. The summed E-state index contributed by atoms with van der Waals surface area (Å²) in [6.45, 7) is 7.29. The Labute approximate surface area is 594 Å². The maximum Gasteiger partial charge on any atom is 0.472 e. The van der Waals surface area contributed by atoms with Gasteiger partial charge < -0.3 is 33.8 Å². The van der Waals surface area contributed by atoms with Crippen molar-refractivity contribution in [2.75, 3.05) is 39.6 Å². The molecule has 0 aliphatic heterocycles. The van der Waals surface area contributed by atoms with E-state index in [2.05, 4.69) is 34.6 Å². The third kappa shape index (κ3) is 70.9. The van der Waals surface area contributed by atoms with Gasteiger partial charge in [0.25, 0.3) is 0 Å². The molecule has 3 N–H and O–H groups in total. The number of carbonyl (C=O) groups is 4. The zero-order valence-corrected chi connectivity index (χ0v) is 65.0. The lowest BCUT2D eigenvalue weighted by Gasteiger charge is -2.21. The van der Waals surface area contributed by atoms with Crippen molar-refractivity contribution in [1.82, 2.24) is 0 Å². The predicted octanol–water partition coefficient (Wildman–Crippen LogP) is 23.3. The van der Waals surface area contributed by atoms with Crippen LogP contribution in [0.3, 0.4) is 0 Å². The molecule has 3 unspecified atom stereocenters. The largest absolute Gasteiger partial charge is 0.472 e. The molecule has 0 saturated heterocycles. The Morgan fingerprint density at radius 3 is 0.732 bits per heavy atom. The molecule has 0 radical (unpaired) electrons. The van der Waals surface area contributed by atoms with E-state index >= 15 is 0 Å². The molecule has 0 spiro atoms. The monoisotopic (exact) mass is 1420 g/mol. The number of hydrogen-bond acceptors (Lipinski definition) is 15. The Kier molecular flexibility index (Phi) is 69.6. The first-order valence-corrected chi connectivity index (χ1v) is 43.7. The summed E-state index contributed by atoms with van der Waals surface area (Å²) in [6, 6.07) is 0. The van der Waals surface area contributed by atoms with Crippen LogP contribution >= 0.6 is 15.6 Å². The van der Waals surface area contributed by atoms with Gasteiger partial charge in [-0.05, 0) is 31.6 Å². The van der Waals surface area contributed by atoms with Gasteiger partial charge in [0.15, 0.2) is 12.2 Å². The minimum Gasteiger partial charge on any atom is -0.462 e. The Morgan fingerprint density at radius 2 is 0.495 bits per heavy atom. The van der Waals surface area contributed by atoms with E-state index in [1.165, 1.54) is 225 Å². The molecule has 19 heteroatoms. The molecular formula is C78H152O17P2. The van der Waals surface area contributed by atoms with Gasteiger partial charge in [-0.2, -0.15) is 0 Å². The van der Waals surface area contributed by atoms with Gasteiger partial charge in [0, 0.05) is 25.7 Å². The van der Waals surface area contributed by atoms with Crippen molar-refractivity contribution in [1.29, 1.82) is 0 Å². The number of hydrogen-bond donors (Lipinski definition) is 3. The fraction of sp³-hybridized carbons (Fsp3) is 0.949. The zero-order valence-electron chi connectivity index (χ0n) is 63.2. The zero-order chi connectivity index (χ0) is 71.2. The van der Waals surface area contributed by atoms with Gasteiger partial charge in [0.2, 0.25) is 0 Å². The van der Waals surface area contributed by atoms with Gasteiger partial charge in [-0.1, -0.05) is 362 Å². The molecule has 0 aromatic heterocycles. The number of carbonyl (C=O) groups excluding carboxylic acids is 4. The predicted molar refractivity (Wildman–Crippen MR) is 395 cm³/mol. The lowest BCUT2D eigenvalue weighted by atomic mass is 9.99. The molecule has 17 nitrogen and oxygen atoms in total. The van der Waals surface area contributed by atoms with Crippen LogP contribution in [0.2, 0.25) is 0 Å². The smallest absolute Gasteiger partial charge is 0.462 e. The number of rotatable bonds is 78. The fourth-order valence-corrected chi connectivity index (χ4v) is 13.6. The Hall–Kier alpha value is -1.94. The van der Waals surface area contributed by atoms with E-state index in [1.54, 1.807) is 0 Å². The molecule has 0 bridgehead atoms. The fourth-order valence-electron chi connectivity index (χ4n) is 12.0. The Balaban J connectivity index is 5.15. The van der Waals surface area contributed by atoms with Crippen LogP contribution in [-0.4, -0.2) is 96.7 Å². The number of ether oxygens (including phenoxy) is 4. The van der Waals surface area contributed by atoms with E-state index in [0.717, 1.165) is 109 Å². The average molecular weight is 1420 g/mol. The number of unbranched alkanes of at least 4 members (excludes halogenated alkanes) is 49. The van der Waals surface area contributed by atoms with Crippen LogP contribution in [0.5, 0.6) is 0 Å². The molecule has 0 amide bonds. The second-order valence-corrected chi connectivity index (χ2v) is 31.3. The minimum atomic E-state index is -4.96. The number of phosphoric ester groups is 2. The highest BCUT2D eigenvalue weighted by Crippen LogP contribution is 2.45. The molecule has 0 aliphatic carbocycles. The third-order valence-electron chi connectivity index (χ3n) is 18.6. The highest BCUT2D eigenvalue weighted by molar-refractivity contribution is 7.47. The number of esters is 4. The lowest BCUT2D eigenvalue weighted by molar-refractivity contribution is -0.161. The van der Waals surface area contributed by atoms with Crippen molar-refractivity contribution >= 4 is 39.5 Å². The van der Waals surface area contributed by atoms with Gasteiger partial charge in [0.1, 0.15) is 19.3 Å². The van der Waals surface area contributed by atoms with Crippen LogP contribution in [0.15, 0.2) is 0 Å². The summed E-state index contributed by atoms with van der Waals surface area (Å²) in [5, 5.41) is 10.6. The van der Waals surface area contributed by atoms with E-state index in [1.807, 2.05) is 0 Å². The van der Waals surface area contributed by atoms with E-state index in [0.29, 0.717) is 25.7 Å². The first-order chi connectivity index (χ1) is 47.1. The second kappa shape index (κ2) is 71.1. The molecule has 0 heterocycles. The van der Waals surface area contributed by atoms with E-state index in [-0.39, 0.29) is 25.7 Å². The number of aliphatic hydroxyl groups is 1. The average Bonchev–Trinajstić information content (AvgIpc) is 2.58. The van der Waals surface area contributed by atoms with Gasteiger partial charge in [-0.15, -0.1) is 0 Å². The summed E-state index contributed by atoms with van der Waals surface area (Å²) in [6.07, 6.45) is 61.2. The summed E-state index contributed by atoms with van der Waals surface area (Å²) in [4.78, 5) is 72.7. The first-order valence-electron chi connectivity index (χ1n) is 40.7. The van der Waals surface area contributed by atoms with Crippen LogP contribution in [0.25, 0.3) is 0 Å². The molecule has 0 fully saturated rings. The highest BCUT2D eigenvalue weighted by atomic mass is 31.2. The Morgan fingerprint density at radius 1 is 0.289 bits per heavy atom. The molecule has 97 heavy (non-hydrogen) atoms. The first kappa shape index (κ1) is 95.1. The number of phosphoric acid groups is 2. The van der Waals surface area contributed by atoms with Crippen LogP contribution in [-0.2, 0) is 65.4 Å². The maximum absolute atomic E-state index is 13.1. The molecule has 0 rings (SSSR count). The SMILES string of the molecule is CCCCCCCCCCCCCCCCCCCCCCCCC(=O)O[C@H](COC(=O)CCCCCCCCCCCCC(C)CC)COP(=O)(O)OC[C@@H](O)COP(=O)(O)OC[C@@H](COC(=O)CCCCCCCCC)OC(=O)CCCCCCCCCCCCCCCC. The van der Waals surface area contributed by atoms with Gasteiger partial charge >= 0.3 is 39.5 Å². The van der Waals surface area contributed by atoms with Crippen molar-refractivity contribution in [3.8, 4) is 0 Å². The van der Waals surface area contributed by atoms with Crippen molar-refractivity contribution in [3.63, 3.8) is 0 Å². The summed E-state index contributed by atoms with van der Waals surface area (Å²) >= 11 is 0. The molecule has 0 aromatic rings. The Bertz CT molecular complexity index is 1860. The van der Waals surface area contributed by atoms with Crippen LogP contribution in [0.1, 0.15) is 413 Å². The molecule has 0 aliphatic rings. The molecule has 576 valence electrons. The standard InChI is InChI=1S/C78H152O17P2/c1-6-10-13-16-19-21-23-25-27-28-29-30-31-32-33-34-36-38-44-49-54-59-64-78(83)95-74(68-89-76(81)62-57-52-47-42-40-39-41-46-50-55-60-71(5)9-4)70-93-97(86,87)91-66-72(79)65-90-96(84,85)92-69-73(67-88-75(80)61-56-51-45-18-15-12-8-3)94-77(82)63-58-53-48-43-37-35-26-24-22-20-17-14-11-7-2/h71-74,79H,6-70H2,1-5H3,(H,84,85)(H,86,87)/t71?,72-,73+,74+/m0/s1. The van der Waals surface area contributed by atoms with Crippen molar-refractivity contribution in [3.05, 3.63) is 0 Å². The summed E-state index contributed by atoms with van der Waals surface area (Å²) < 4.78 is 68.5. The third-order valence-corrected chi connectivity index (χ3v) is 20.5. The normalized spacial score (nSPS) is 14.2. The second-order valence-electron chi connectivity index (χ2n) is 28.3. The van der Waals surface area contributed by atoms with E-state index in [9.17, 15) is 43.2 Å². The lowest BCUT2D eigenvalue weighted by Crippen LogP contribution is -2.30. The molecule has 0 saturated carbocycles. The van der Waals surface area contributed by atoms with Crippen molar-refractivity contribution in [2.24, 2.45) is 5.92 Å². The highest BCUT2D eigenvalue weighted by Gasteiger charge is 2.30. The van der Waals surface area contributed by atoms with Gasteiger partial charge in [-0.3, -0.25) is 37.3 Å². The maximum atomic E-state index is 13.1. The minimum absolute atomic E-state index is 0.108. The molecule has 6 atom stereocenters. The van der Waals surface area contributed by atoms with Crippen LogP contribution in [0.4, 0.5) is 0 Å². The van der Waals surface area contributed by atoms with Gasteiger partial charge in [-0.25, -0.2) is 9.13 Å². The van der Waals surface area contributed by atoms with Crippen LogP contribution < -0.4 is 0 Å². The number of aliphatic hydroxyl groups excluding tert-OH is 1. The van der Waals surface area contributed by atoms with E-state index in [4.69, 9.17) is 37.0 Å². The topological polar surface area (TPSA) is 237 Å².